The third kappa shape index (κ3) is 5.83. The van der Waals surface area contributed by atoms with Gasteiger partial charge in [0.25, 0.3) is 0 Å². The molecule has 0 saturated carbocycles. The smallest absolute Gasteiger partial charge is 0.406 e. The summed E-state index contributed by atoms with van der Waals surface area (Å²) in [5.41, 5.74) is 11.5. The van der Waals surface area contributed by atoms with Crippen molar-refractivity contribution in [1.29, 1.82) is 0 Å². The minimum atomic E-state index is -4.74. The molecule has 1 rings (SSSR count). The van der Waals surface area contributed by atoms with E-state index >= 15 is 0 Å². The summed E-state index contributed by atoms with van der Waals surface area (Å²) in [6.45, 7) is 0. The fraction of sp³-hybridized carbons (Fsp3) is 0.182. The van der Waals surface area contributed by atoms with Gasteiger partial charge in [-0.3, -0.25) is 5.32 Å². The van der Waals surface area contributed by atoms with Gasteiger partial charge in [-0.1, -0.05) is 5.92 Å². The van der Waals surface area contributed by atoms with Crippen molar-refractivity contribution in [1.82, 2.24) is 5.32 Å². The summed E-state index contributed by atoms with van der Waals surface area (Å²) in [6.07, 6.45) is -4.61. The predicted octanol–water partition coefficient (Wildman–Crippen LogP) is 1.50. The summed E-state index contributed by atoms with van der Waals surface area (Å²) in [5.74, 6) is 2.27. The Balaban J connectivity index is 2.79. The van der Waals surface area contributed by atoms with Crippen LogP contribution < -0.4 is 21.5 Å². The van der Waals surface area contributed by atoms with Crippen LogP contribution in [0, 0.1) is 12.0 Å². The molecule has 4 nitrogen and oxygen atoms in total. The number of ether oxygens (including phenoxy) is 1. The van der Waals surface area contributed by atoms with E-state index in [9.17, 15) is 13.2 Å². The zero-order chi connectivity index (χ0) is 14.5. The molecular formula is C11H10F3N3OS. The van der Waals surface area contributed by atoms with E-state index in [0.717, 1.165) is 6.07 Å². The number of hydrogen-bond acceptors (Lipinski definition) is 3. The van der Waals surface area contributed by atoms with Gasteiger partial charge in [0, 0.05) is 18.2 Å². The van der Waals surface area contributed by atoms with Crippen LogP contribution in [0.1, 0.15) is 5.56 Å². The Morgan fingerprint density at radius 1 is 1.42 bits per heavy atom. The Hall–Kier alpha value is -2.14. The second kappa shape index (κ2) is 6.15. The van der Waals surface area contributed by atoms with Gasteiger partial charge in [0.1, 0.15) is 5.75 Å². The minimum absolute atomic E-state index is 0.00891. The van der Waals surface area contributed by atoms with E-state index in [1.54, 1.807) is 0 Å². The highest BCUT2D eigenvalue weighted by Gasteiger charge is 2.31. The summed E-state index contributed by atoms with van der Waals surface area (Å²) >= 11 is 4.53. The Labute approximate surface area is 112 Å². The monoisotopic (exact) mass is 289 g/mol. The summed E-state index contributed by atoms with van der Waals surface area (Å²) in [7, 11) is 0. The maximum Gasteiger partial charge on any atom is 0.573 e. The van der Waals surface area contributed by atoms with Crippen LogP contribution in [0.25, 0.3) is 0 Å². The van der Waals surface area contributed by atoms with Crippen LogP contribution in [0.3, 0.4) is 0 Å². The van der Waals surface area contributed by atoms with E-state index in [1.807, 2.05) is 0 Å². The lowest BCUT2D eigenvalue weighted by Crippen LogP contribution is -2.24. The second-order valence-electron chi connectivity index (χ2n) is 3.38. The van der Waals surface area contributed by atoms with Gasteiger partial charge >= 0.3 is 6.36 Å². The third-order valence-corrected chi connectivity index (χ3v) is 2.00. The third-order valence-electron chi connectivity index (χ3n) is 1.90. The molecule has 5 N–H and O–H groups in total. The van der Waals surface area contributed by atoms with Gasteiger partial charge in [-0.2, -0.15) is 0 Å². The zero-order valence-electron chi connectivity index (χ0n) is 9.54. The van der Waals surface area contributed by atoms with Crippen molar-refractivity contribution in [3.63, 3.8) is 0 Å². The first-order valence-electron chi connectivity index (χ1n) is 4.95. The zero-order valence-corrected chi connectivity index (χ0v) is 10.4. The number of benzene rings is 1. The molecule has 0 spiro atoms. The van der Waals surface area contributed by atoms with E-state index in [0.29, 0.717) is 11.3 Å². The minimum Gasteiger partial charge on any atom is -0.406 e. The standard InChI is InChI=1S/C11H10F3N3OS/c12-11(13,14)18-8-3-4-9(15)7(6-8)2-1-5-17-10(16)19/h3-4,6H,2,15H2,(H3,16,17,19). The molecule has 0 bridgehead atoms. The van der Waals surface area contributed by atoms with Gasteiger partial charge in [0.15, 0.2) is 5.11 Å². The molecule has 19 heavy (non-hydrogen) atoms. The fourth-order valence-electron chi connectivity index (χ4n) is 1.18. The summed E-state index contributed by atoms with van der Waals surface area (Å²) in [5, 5.41) is 2.39. The molecular weight excluding hydrogens is 279 g/mol. The van der Waals surface area contributed by atoms with Gasteiger partial charge < -0.3 is 16.2 Å². The Morgan fingerprint density at radius 2 is 2.11 bits per heavy atom. The number of anilines is 1. The number of alkyl halides is 3. The van der Waals surface area contributed by atoms with E-state index in [-0.39, 0.29) is 17.3 Å². The molecule has 0 saturated heterocycles. The number of nitrogens with one attached hydrogen (secondary N) is 1. The van der Waals surface area contributed by atoms with Crippen LogP contribution in [-0.4, -0.2) is 11.5 Å². The normalized spacial score (nSPS) is 10.3. The van der Waals surface area contributed by atoms with Crippen LogP contribution in [0.15, 0.2) is 18.2 Å². The van der Waals surface area contributed by atoms with Crippen molar-refractivity contribution >= 4 is 23.0 Å². The van der Waals surface area contributed by atoms with Gasteiger partial charge in [0.05, 0.1) is 0 Å². The Kier molecular flexibility index (Phi) is 4.83. The van der Waals surface area contributed by atoms with E-state index in [1.165, 1.54) is 12.1 Å². The number of thiocarbonyl (C=S) groups is 1. The number of rotatable bonds is 2. The van der Waals surface area contributed by atoms with E-state index in [4.69, 9.17) is 11.5 Å². The van der Waals surface area contributed by atoms with Crippen molar-refractivity contribution in [2.24, 2.45) is 5.73 Å². The number of hydrogen-bond donors (Lipinski definition) is 3. The van der Waals surface area contributed by atoms with Crippen LogP contribution in [0.5, 0.6) is 5.75 Å². The first-order chi connectivity index (χ1) is 8.78. The lowest BCUT2D eigenvalue weighted by Gasteiger charge is -2.10. The SMILES string of the molecule is NC(=S)NC#CCc1cc(OC(F)(F)F)ccc1N. The largest absolute Gasteiger partial charge is 0.573 e. The number of nitrogens with two attached hydrogens (primary N) is 2. The van der Waals surface area contributed by atoms with E-state index in [2.05, 4.69) is 34.2 Å². The molecule has 0 atom stereocenters. The second-order valence-corrected chi connectivity index (χ2v) is 3.82. The average Bonchev–Trinajstić information content (AvgIpc) is 2.26. The van der Waals surface area contributed by atoms with Crippen molar-refractivity contribution < 1.29 is 17.9 Å². The highest BCUT2D eigenvalue weighted by atomic mass is 32.1. The molecule has 0 aliphatic heterocycles. The lowest BCUT2D eigenvalue weighted by molar-refractivity contribution is -0.274. The molecule has 0 heterocycles. The maximum absolute atomic E-state index is 12.0. The molecule has 0 aliphatic rings. The first-order valence-corrected chi connectivity index (χ1v) is 5.36. The van der Waals surface area contributed by atoms with Crippen molar-refractivity contribution in [2.75, 3.05) is 5.73 Å². The maximum atomic E-state index is 12.0. The molecule has 1 aromatic carbocycles. The molecule has 8 heteroatoms. The van der Waals surface area contributed by atoms with Crippen molar-refractivity contribution in [2.45, 2.75) is 12.8 Å². The molecule has 102 valence electrons. The lowest BCUT2D eigenvalue weighted by atomic mass is 10.1. The highest BCUT2D eigenvalue weighted by molar-refractivity contribution is 7.80. The molecule has 0 aromatic heterocycles. The van der Waals surface area contributed by atoms with Crippen LogP contribution in [-0.2, 0) is 6.42 Å². The average molecular weight is 289 g/mol. The Morgan fingerprint density at radius 3 is 2.68 bits per heavy atom. The van der Waals surface area contributed by atoms with Gasteiger partial charge in [-0.05, 0) is 36.0 Å². The van der Waals surface area contributed by atoms with Gasteiger partial charge in [-0.25, -0.2) is 0 Å². The van der Waals surface area contributed by atoms with Gasteiger partial charge in [-0.15, -0.1) is 13.2 Å². The summed E-state index contributed by atoms with van der Waals surface area (Å²) in [6, 6.07) is 6.07. The van der Waals surface area contributed by atoms with E-state index < -0.39 is 6.36 Å². The van der Waals surface area contributed by atoms with Crippen LogP contribution in [0.2, 0.25) is 0 Å². The first kappa shape index (κ1) is 14.9. The highest BCUT2D eigenvalue weighted by Crippen LogP contribution is 2.26. The number of halogens is 3. The Bertz CT molecular complexity index is 534. The van der Waals surface area contributed by atoms with Crippen LogP contribution >= 0.6 is 12.2 Å². The molecule has 0 unspecified atom stereocenters. The van der Waals surface area contributed by atoms with Crippen LogP contribution in [0.4, 0.5) is 18.9 Å². The topological polar surface area (TPSA) is 73.3 Å². The van der Waals surface area contributed by atoms with Gasteiger partial charge in [0.2, 0.25) is 0 Å². The molecule has 1 aromatic rings. The van der Waals surface area contributed by atoms with Crippen molar-refractivity contribution in [3.8, 4) is 17.7 Å². The summed E-state index contributed by atoms with van der Waals surface area (Å²) < 4.78 is 39.9. The molecule has 0 amide bonds. The predicted molar refractivity (Wildman–Crippen MR) is 68.9 cm³/mol. The molecule has 0 radical (unpaired) electrons. The molecule has 0 aliphatic carbocycles. The number of nitrogen functional groups attached to an aromatic ring is 1. The molecule has 0 fully saturated rings. The van der Waals surface area contributed by atoms with Crippen molar-refractivity contribution in [3.05, 3.63) is 23.8 Å². The quantitative estimate of drug-likeness (QED) is 0.333. The summed E-state index contributed by atoms with van der Waals surface area (Å²) in [4.78, 5) is 0. The fourth-order valence-corrected chi connectivity index (χ4v) is 1.23.